The molecule has 0 N–H and O–H groups in total. The summed E-state index contributed by atoms with van der Waals surface area (Å²) in [5.74, 6) is 0. The van der Waals surface area contributed by atoms with E-state index >= 15 is 0 Å². The van der Waals surface area contributed by atoms with Gasteiger partial charge in [0.2, 0.25) is 0 Å². The van der Waals surface area contributed by atoms with Crippen LogP contribution < -0.4 is 0 Å². The fraction of sp³-hybridized carbons (Fsp3) is 0.500. The Hall–Kier alpha value is -1.69. The summed E-state index contributed by atoms with van der Waals surface area (Å²) in [7, 11) is 3.94. The largest absolute Gasteiger partial charge is 0.299 e. The molecule has 2 aromatic heterocycles. The van der Waals surface area contributed by atoms with Gasteiger partial charge < -0.3 is 0 Å². The molecule has 2 rings (SSSR count). The van der Waals surface area contributed by atoms with Crippen LogP contribution in [0.25, 0.3) is 0 Å². The Labute approximate surface area is 94.5 Å². The first-order valence-electron chi connectivity index (χ1n) is 5.25. The smallest absolute Gasteiger partial charge is 0.0966 e. The number of rotatable bonds is 5. The van der Waals surface area contributed by atoms with E-state index in [4.69, 9.17) is 0 Å². The molecule has 0 fully saturated rings. The first-order valence-corrected chi connectivity index (χ1v) is 5.25. The summed E-state index contributed by atoms with van der Waals surface area (Å²) in [5, 5.41) is 12.1. The molecule has 2 heterocycles. The molecule has 0 atom stereocenters. The lowest BCUT2D eigenvalue weighted by molar-refractivity contribution is 0.302. The predicted molar refractivity (Wildman–Crippen MR) is 59.6 cm³/mol. The molecule has 0 aliphatic carbocycles. The van der Waals surface area contributed by atoms with Gasteiger partial charge in [0.05, 0.1) is 12.2 Å². The lowest BCUT2D eigenvalue weighted by Gasteiger charge is -2.14. The number of aromatic nitrogens is 5. The van der Waals surface area contributed by atoms with Crippen molar-refractivity contribution in [2.45, 2.75) is 13.1 Å². The molecule has 0 aromatic carbocycles. The van der Waals surface area contributed by atoms with Crippen molar-refractivity contribution in [3.63, 3.8) is 0 Å². The minimum Gasteiger partial charge on any atom is -0.299 e. The minimum atomic E-state index is 0.815. The minimum absolute atomic E-state index is 0.815. The number of hydrogen-bond donors (Lipinski definition) is 0. The standard InChI is InChI=1S/C10H16N6/c1-14(6-7-16-5-3-4-11-16)8-10-9-15(2)13-12-10/h3-5,9H,6-8H2,1-2H3. The van der Waals surface area contributed by atoms with Gasteiger partial charge >= 0.3 is 0 Å². The summed E-state index contributed by atoms with van der Waals surface area (Å²) in [4.78, 5) is 2.20. The molecule has 0 unspecified atom stereocenters. The van der Waals surface area contributed by atoms with Crippen LogP contribution in [0, 0.1) is 0 Å². The molecule has 0 bridgehead atoms. The third-order valence-corrected chi connectivity index (χ3v) is 2.35. The van der Waals surface area contributed by atoms with Crippen LogP contribution in [0.5, 0.6) is 0 Å². The van der Waals surface area contributed by atoms with Crippen LogP contribution in [-0.4, -0.2) is 43.3 Å². The van der Waals surface area contributed by atoms with Crippen molar-refractivity contribution in [1.29, 1.82) is 0 Å². The van der Waals surface area contributed by atoms with Gasteiger partial charge in [0.15, 0.2) is 0 Å². The molecule has 6 nitrogen and oxygen atoms in total. The fourth-order valence-corrected chi connectivity index (χ4v) is 1.53. The highest BCUT2D eigenvalue weighted by atomic mass is 15.4. The van der Waals surface area contributed by atoms with E-state index in [1.807, 2.05) is 30.2 Å². The maximum atomic E-state index is 4.16. The number of hydrogen-bond acceptors (Lipinski definition) is 4. The highest BCUT2D eigenvalue weighted by Crippen LogP contribution is 1.97. The van der Waals surface area contributed by atoms with Crippen LogP contribution in [0.2, 0.25) is 0 Å². The Kier molecular flexibility index (Phi) is 3.31. The van der Waals surface area contributed by atoms with Crippen molar-refractivity contribution in [2.24, 2.45) is 7.05 Å². The Morgan fingerprint density at radius 3 is 2.94 bits per heavy atom. The molecule has 0 saturated carbocycles. The van der Waals surface area contributed by atoms with Gasteiger partial charge in [-0.2, -0.15) is 5.10 Å². The molecule has 0 saturated heterocycles. The Bertz CT molecular complexity index is 418. The Balaban J connectivity index is 1.78. The first-order chi connectivity index (χ1) is 7.74. The summed E-state index contributed by atoms with van der Waals surface area (Å²) in [6.45, 7) is 2.65. The third-order valence-electron chi connectivity index (χ3n) is 2.35. The molecule has 0 aliphatic rings. The van der Waals surface area contributed by atoms with Crippen molar-refractivity contribution < 1.29 is 0 Å². The van der Waals surface area contributed by atoms with Gasteiger partial charge in [-0.1, -0.05) is 5.21 Å². The highest BCUT2D eigenvalue weighted by molar-refractivity contribution is 4.91. The molecule has 0 amide bonds. The van der Waals surface area contributed by atoms with Gasteiger partial charge in [-0.15, -0.1) is 5.10 Å². The lowest BCUT2D eigenvalue weighted by atomic mass is 10.4. The van der Waals surface area contributed by atoms with Crippen LogP contribution >= 0.6 is 0 Å². The van der Waals surface area contributed by atoms with E-state index in [1.165, 1.54) is 0 Å². The third kappa shape index (κ3) is 2.90. The molecule has 2 aromatic rings. The molecule has 0 aliphatic heterocycles. The molecule has 0 spiro atoms. The second-order valence-corrected chi connectivity index (χ2v) is 3.89. The summed E-state index contributed by atoms with van der Waals surface area (Å²) >= 11 is 0. The zero-order valence-corrected chi connectivity index (χ0v) is 9.61. The molecule has 86 valence electrons. The van der Waals surface area contributed by atoms with E-state index < -0.39 is 0 Å². The molecule has 16 heavy (non-hydrogen) atoms. The van der Waals surface area contributed by atoms with Crippen molar-refractivity contribution in [2.75, 3.05) is 13.6 Å². The zero-order valence-electron chi connectivity index (χ0n) is 9.61. The lowest BCUT2D eigenvalue weighted by Crippen LogP contribution is -2.23. The van der Waals surface area contributed by atoms with Crippen molar-refractivity contribution in [3.8, 4) is 0 Å². The van der Waals surface area contributed by atoms with E-state index in [9.17, 15) is 0 Å². The SMILES string of the molecule is CN(CCn1cccn1)Cc1cn(C)nn1. The van der Waals surface area contributed by atoms with Gasteiger partial charge in [-0.05, 0) is 13.1 Å². The van der Waals surface area contributed by atoms with Gasteiger partial charge in [0, 0.05) is 38.7 Å². The summed E-state index contributed by atoms with van der Waals surface area (Å²) in [6, 6.07) is 1.93. The van der Waals surface area contributed by atoms with Crippen LogP contribution in [0.3, 0.4) is 0 Å². The van der Waals surface area contributed by atoms with E-state index in [-0.39, 0.29) is 0 Å². The maximum Gasteiger partial charge on any atom is 0.0966 e. The zero-order chi connectivity index (χ0) is 11.4. The monoisotopic (exact) mass is 220 g/mol. The summed E-state index contributed by atoms with van der Waals surface area (Å²) < 4.78 is 3.64. The fourth-order valence-electron chi connectivity index (χ4n) is 1.53. The average Bonchev–Trinajstić information content (AvgIpc) is 2.87. The van der Waals surface area contributed by atoms with Gasteiger partial charge in [-0.25, -0.2) is 0 Å². The van der Waals surface area contributed by atoms with E-state index in [1.54, 1.807) is 10.9 Å². The molecular weight excluding hydrogens is 204 g/mol. The topological polar surface area (TPSA) is 51.8 Å². The molecule has 6 heteroatoms. The van der Waals surface area contributed by atoms with Crippen molar-refractivity contribution in [1.82, 2.24) is 29.7 Å². The molecule has 0 radical (unpaired) electrons. The Morgan fingerprint density at radius 1 is 1.44 bits per heavy atom. The van der Waals surface area contributed by atoms with Gasteiger partial charge in [0.1, 0.15) is 0 Å². The second-order valence-electron chi connectivity index (χ2n) is 3.89. The van der Waals surface area contributed by atoms with E-state index in [0.29, 0.717) is 0 Å². The van der Waals surface area contributed by atoms with Crippen molar-refractivity contribution >= 4 is 0 Å². The van der Waals surface area contributed by atoms with E-state index in [2.05, 4.69) is 27.4 Å². The maximum absolute atomic E-state index is 4.16. The summed E-state index contributed by atoms with van der Waals surface area (Å²) in [6.07, 6.45) is 5.70. The van der Waals surface area contributed by atoms with Crippen molar-refractivity contribution in [3.05, 3.63) is 30.4 Å². The van der Waals surface area contributed by atoms with Crippen LogP contribution in [0.4, 0.5) is 0 Å². The number of aryl methyl sites for hydroxylation is 1. The second kappa shape index (κ2) is 4.89. The first kappa shape index (κ1) is 10.8. The number of likely N-dealkylation sites (N-methyl/N-ethyl adjacent to an activating group) is 1. The quantitative estimate of drug-likeness (QED) is 0.719. The number of nitrogens with zero attached hydrogens (tertiary/aromatic N) is 6. The van der Waals surface area contributed by atoms with Gasteiger partial charge in [-0.3, -0.25) is 14.3 Å². The average molecular weight is 220 g/mol. The van der Waals surface area contributed by atoms with Crippen LogP contribution in [-0.2, 0) is 20.1 Å². The van der Waals surface area contributed by atoms with Crippen LogP contribution in [0.15, 0.2) is 24.7 Å². The highest BCUT2D eigenvalue weighted by Gasteiger charge is 2.03. The van der Waals surface area contributed by atoms with Gasteiger partial charge in [0.25, 0.3) is 0 Å². The van der Waals surface area contributed by atoms with E-state index in [0.717, 1.165) is 25.3 Å². The van der Waals surface area contributed by atoms with Crippen LogP contribution in [0.1, 0.15) is 5.69 Å². The predicted octanol–water partition coefficient (Wildman–Crippen LogP) is 0.144. The Morgan fingerprint density at radius 2 is 2.31 bits per heavy atom. The normalized spacial score (nSPS) is 11.2. The molecular formula is C10H16N6. The summed E-state index contributed by atoms with van der Waals surface area (Å²) in [5.41, 5.74) is 0.991.